The first-order chi connectivity index (χ1) is 9.24. The lowest BCUT2D eigenvalue weighted by Gasteiger charge is -2.12. The van der Waals surface area contributed by atoms with E-state index in [0.29, 0.717) is 12.4 Å². The Kier molecular flexibility index (Phi) is 3.33. The van der Waals surface area contributed by atoms with E-state index in [1.807, 2.05) is 12.4 Å². The van der Waals surface area contributed by atoms with Gasteiger partial charge in [-0.15, -0.1) is 11.3 Å². The Balaban J connectivity index is 1.69. The smallest absolute Gasteiger partial charge is 0.252 e. The fraction of sp³-hybridized carbons (Fsp3) is 0.462. The van der Waals surface area contributed by atoms with Gasteiger partial charge in [-0.2, -0.15) is 5.10 Å². The van der Waals surface area contributed by atoms with Gasteiger partial charge >= 0.3 is 0 Å². The van der Waals surface area contributed by atoms with Gasteiger partial charge in [0, 0.05) is 17.3 Å². The Morgan fingerprint density at radius 3 is 3.11 bits per heavy atom. The summed E-state index contributed by atoms with van der Waals surface area (Å²) in [5.41, 5.74) is 2.10. The van der Waals surface area contributed by atoms with Gasteiger partial charge in [-0.05, 0) is 31.2 Å². The molecule has 0 aromatic carbocycles. The maximum Gasteiger partial charge on any atom is 0.252 e. The van der Waals surface area contributed by atoms with Crippen LogP contribution >= 0.6 is 11.3 Å². The van der Waals surface area contributed by atoms with E-state index in [4.69, 9.17) is 0 Å². The van der Waals surface area contributed by atoms with Gasteiger partial charge in [-0.25, -0.2) is 4.98 Å². The molecule has 0 fully saturated rings. The number of hydrogen-bond donors (Lipinski definition) is 1. The van der Waals surface area contributed by atoms with Crippen LogP contribution in [0.4, 0.5) is 0 Å². The molecule has 2 aromatic heterocycles. The van der Waals surface area contributed by atoms with Crippen LogP contribution in [0.3, 0.4) is 0 Å². The summed E-state index contributed by atoms with van der Waals surface area (Å²) in [4.78, 5) is 17.7. The summed E-state index contributed by atoms with van der Waals surface area (Å²) >= 11 is 1.71. The predicted molar refractivity (Wildman–Crippen MR) is 73.1 cm³/mol. The molecule has 1 aliphatic rings. The van der Waals surface area contributed by atoms with Gasteiger partial charge in [0.25, 0.3) is 5.91 Å². The van der Waals surface area contributed by atoms with Crippen molar-refractivity contribution in [2.45, 2.75) is 32.2 Å². The standard InChI is InChI=1S/C13H16N4OS/c1-17-8-15-12(16-17)6-14-13(18)10-7-19-11-5-3-2-4-9(10)11/h7-8H,2-6H2,1H3,(H,14,18). The molecule has 5 nitrogen and oxygen atoms in total. The molecule has 0 unspecified atom stereocenters. The van der Waals surface area contributed by atoms with Crippen molar-refractivity contribution in [3.05, 3.63) is 33.5 Å². The monoisotopic (exact) mass is 276 g/mol. The van der Waals surface area contributed by atoms with Crippen molar-refractivity contribution in [3.8, 4) is 0 Å². The highest BCUT2D eigenvalue weighted by molar-refractivity contribution is 7.10. The van der Waals surface area contributed by atoms with E-state index in [-0.39, 0.29) is 5.91 Å². The lowest BCUT2D eigenvalue weighted by atomic mass is 9.96. The third-order valence-electron chi connectivity index (χ3n) is 3.36. The molecule has 3 rings (SSSR count). The molecule has 1 aliphatic carbocycles. The number of carbonyl (C=O) groups excluding carboxylic acids is 1. The summed E-state index contributed by atoms with van der Waals surface area (Å²) in [6, 6.07) is 0. The second-order valence-corrected chi connectivity index (χ2v) is 5.74. The molecule has 0 radical (unpaired) electrons. The molecule has 6 heteroatoms. The molecule has 0 aliphatic heterocycles. The molecule has 2 aromatic rings. The average Bonchev–Trinajstić information content (AvgIpc) is 3.02. The van der Waals surface area contributed by atoms with Crippen LogP contribution in [0.2, 0.25) is 0 Å². The lowest BCUT2D eigenvalue weighted by Crippen LogP contribution is -2.24. The summed E-state index contributed by atoms with van der Waals surface area (Å²) < 4.78 is 1.63. The number of rotatable bonds is 3. The number of aryl methyl sites for hydroxylation is 2. The van der Waals surface area contributed by atoms with E-state index in [9.17, 15) is 4.79 Å². The predicted octanol–water partition coefficient (Wildman–Crippen LogP) is 1.69. The highest BCUT2D eigenvalue weighted by Crippen LogP contribution is 2.30. The summed E-state index contributed by atoms with van der Waals surface area (Å²) in [6.45, 7) is 0.379. The van der Waals surface area contributed by atoms with E-state index in [1.165, 1.54) is 23.3 Å². The van der Waals surface area contributed by atoms with Crippen molar-refractivity contribution < 1.29 is 4.79 Å². The lowest BCUT2D eigenvalue weighted by molar-refractivity contribution is 0.0949. The van der Waals surface area contributed by atoms with Crippen molar-refractivity contribution in [2.75, 3.05) is 0 Å². The zero-order valence-electron chi connectivity index (χ0n) is 10.8. The fourth-order valence-electron chi connectivity index (χ4n) is 2.40. The first kappa shape index (κ1) is 12.3. The minimum Gasteiger partial charge on any atom is -0.345 e. The number of carbonyl (C=O) groups is 1. The van der Waals surface area contributed by atoms with Crippen LogP contribution < -0.4 is 5.32 Å². The van der Waals surface area contributed by atoms with E-state index in [2.05, 4.69) is 15.4 Å². The number of hydrogen-bond acceptors (Lipinski definition) is 4. The summed E-state index contributed by atoms with van der Waals surface area (Å²) in [5.74, 6) is 0.631. The zero-order chi connectivity index (χ0) is 13.2. The van der Waals surface area contributed by atoms with Crippen molar-refractivity contribution in [2.24, 2.45) is 7.05 Å². The van der Waals surface area contributed by atoms with Crippen LogP contribution in [0.15, 0.2) is 11.7 Å². The van der Waals surface area contributed by atoms with E-state index >= 15 is 0 Å². The molecule has 0 atom stereocenters. The van der Waals surface area contributed by atoms with E-state index in [1.54, 1.807) is 22.3 Å². The number of thiophene rings is 1. The second-order valence-electron chi connectivity index (χ2n) is 4.78. The van der Waals surface area contributed by atoms with Gasteiger partial charge in [0.05, 0.1) is 12.1 Å². The Hall–Kier alpha value is -1.69. The second kappa shape index (κ2) is 5.13. The summed E-state index contributed by atoms with van der Waals surface area (Å²) in [6.07, 6.45) is 6.21. The van der Waals surface area contributed by atoms with Crippen molar-refractivity contribution in [1.82, 2.24) is 20.1 Å². The Labute approximate surface area is 115 Å². The van der Waals surface area contributed by atoms with E-state index in [0.717, 1.165) is 18.4 Å². The van der Waals surface area contributed by atoms with Gasteiger partial charge in [-0.3, -0.25) is 9.48 Å². The van der Waals surface area contributed by atoms with Crippen molar-refractivity contribution in [3.63, 3.8) is 0 Å². The van der Waals surface area contributed by atoms with Crippen LogP contribution in [0.25, 0.3) is 0 Å². The quantitative estimate of drug-likeness (QED) is 0.928. The number of amides is 1. The Bertz CT molecular complexity index is 602. The zero-order valence-corrected chi connectivity index (χ0v) is 11.7. The fourth-order valence-corrected chi connectivity index (χ4v) is 3.53. The number of nitrogens with zero attached hydrogens (tertiary/aromatic N) is 3. The van der Waals surface area contributed by atoms with Gasteiger partial charge in [0.15, 0.2) is 5.82 Å². The number of nitrogens with one attached hydrogen (secondary N) is 1. The molecule has 0 bridgehead atoms. The topological polar surface area (TPSA) is 59.8 Å². The first-order valence-corrected chi connectivity index (χ1v) is 7.34. The molecule has 0 saturated heterocycles. The van der Waals surface area contributed by atoms with E-state index < -0.39 is 0 Å². The molecule has 100 valence electrons. The minimum absolute atomic E-state index is 0.00754. The van der Waals surface area contributed by atoms with Gasteiger partial charge in [0.2, 0.25) is 0 Å². The first-order valence-electron chi connectivity index (χ1n) is 6.46. The van der Waals surface area contributed by atoms with Gasteiger partial charge in [0.1, 0.15) is 6.33 Å². The minimum atomic E-state index is -0.00754. The van der Waals surface area contributed by atoms with Crippen molar-refractivity contribution in [1.29, 1.82) is 0 Å². The maximum absolute atomic E-state index is 12.2. The molecule has 0 spiro atoms. The number of fused-ring (bicyclic) bond motifs is 1. The van der Waals surface area contributed by atoms with Crippen LogP contribution in [-0.4, -0.2) is 20.7 Å². The van der Waals surface area contributed by atoms with Crippen LogP contribution in [0.1, 0.15) is 39.5 Å². The molecule has 19 heavy (non-hydrogen) atoms. The van der Waals surface area contributed by atoms with Gasteiger partial charge < -0.3 is 5.32 Å². The molecular formula is C13H16N4OS. The average molecular weight is 276 g/mol. The SMILES string of the molecule is Cn1cnc(CNC(=O)c2csc3c2CCCC3)n1. The third-order valence-corrected chi connectivity index (χ3v) is 4.45. The molecule has 2 heterocycles. The van der Waals surface area contributed by atoms with Crippen LogP contribution in [0, 0.1) is 0 Å². The molecule has 0 saturated carbocycles. The molecule has 1 amide bonds. The normalized spacial score (nSPS) is 14.2. The molecule has 1 N–H and O–H groups in total. The Morgan fingerprint density at radius 2 is 2.32 bits per heavy atom. The van der Waals surface area contributed by atoms with Gasteiger partial charge in [-0.1, -0.05) is 0 Å². The van der Waals surface area contributed by atoms with Crippen LogP contribution in [0.5, 0.6) is 0 Å². The summed E-state index contributed by atoms with van der Waals surface area (Å²) in [7, 11) is 1.81. The van der Waals surface area contributed by atoms with Crippen LogP contribution in [-0.2, 0) is 26.4 Å². The Morgan fingerprint density at radius 1 is 1.47 bits per heavy atom. The largest absolute Gasteiger partial charge is 0.345 e. The third kappa shape index (κ3) is 2.53. The highest BCUT2D eigenvalue weighted by atomic mass is 32.1. The molecular weight excluding hydrogens is 260 g/mol. The summed E-state index contributed by atoms with van der Waals surface area (Å²) in [5, 5.41) is 9.02. The maximum atomic E-state index is 12.2. The van der Waals surface area contributed by atoms with Crippen molar-refractivity contribution >= 4 is 17.2 Å². The highest BCUT2D eigenvalue weighted by Gasteiger charge is 2.19. The number of aromatic nitrogens is 3.